The number of ether oxygens (including phenoxy) is 1. The second-order valence-corrected chi connectivity index (χ2v) is 7.98. The number of quaternary nitrogens is 1. The molecule has 4 heterocycles. The van der Waals surface area contributed by atoms with E-state index in [0.717, 1.165) is 29.3 Å². The lowest BCUT2D eigenvalue weighted by molar-refractivity contribution is -0.913. The van der Waals surface area contributed by atoms with Gasteiger partial charge in [-0.3, -0.25) is 0 Å². The van der Waals surface area contributed by atoms with Gasteiger partial charge in [0.25, 0.3) is 0 Å². The third kappa shape index (κ3) is 2.85. The van der Waals surface area contributed by atoms with Gasteiger partial charge in [0.05, 0.1) is 26.5 Å². The van der Waals surface area contributed by atoms with E-state index in [1.807, 2.05) is 18.2 Å². The Morgan fingerprint density at radius 1 is 1.25 bits per heavy atom. The summed E-state index contributed by atoms with van der Waals surface area (Å²) in [7, 11) is 1.67. The second kappa shape index (κ2) is 6.96. The number of aromatic hydroxyl groups is 1. The van der Waals surface area contributed by atoms with Crippen molar-refractivity contribution < 1.29 is 19.2 Å². The van der Waals surface area contributed by atoms with E-state index >= 15 is 0 Å². The second-order valence-electron chi connectivity index (χ2n) is 6.97. The summed E-state index contributed by atoms with van der Waals surface area (Å²) in [5, 5.41) is 15.5. The normalized spacial score (nSPS) is 16.0. The third-order valence-corrected chi connectivity index (χ3v) is 6.37. The highest BCUT2D eigenvalue weighted by atomic mass is 32.1. The molecule has 1 aliphatic rings. The summed E-state index contributed by atoms with van der Waals surface area (Å²) in [6.07, 6.45) is 3.98. The number of nitrogens with zero attached hydrogens (tertiary/aromatic N) is 3. The standard InChI is InChI=1S/C20H20N4O3S/c1-26-14-7-4-6-13(12-14)16(23-9-2-3-10-23)17-19(25)24-20(28-17)21-18(22-24)15-8-5-11-27-15/h4-8,11-12,16,25H,2-3,9-10H2,1H3/p+1/t16-/m0/s1. The molecule has 2 N–H and O–H groups in total. The highest BCUT2D eigenvalue weighted by molar-refractivity contribution is 7.17. The van der Waals surface area contributed by atoms with E-state index in [9.17, 15) is 5.11 Å². The molecule has 0 unspecified atom stereocenters. The van der Waals surface area contributed by atoms with Crippen LogP contribution in [0.5, 0.6) is 11.6 Å². The lowest BCUT2D eigenvalue weighted by atomic mass is 10.0. The van der Waals surface area contributed by atoms with Crippen LogP contribution in [0.25, 0.3) is 16.5 Å². The summed E-state index contributed by atoms with van der Waals surface area (Å²) in [6, 6.07) is 11.7. The Morgan fingerprint density at radius 2 is 2.11 bits per heavy atom. The molecule has 0 spiro atoms. The minimum atomic E-state index is 0.0261. The van der Waals surface area contributed by atoms with Crippen LogP contribution < -0.4 is 9.64 Å². The van der Waals surface area contributed by atoms with E-state index < -0.39 is 0 Å². The van der Waals surface area contributed by atoms with Crippen molar-refractivity contribution in [2.75, 3.05) is 20.2 Å². The minimum Gasteiger partial charge on any atom is -0.497 e. The Morgan fingerprint density at radius 3 is 2.82 bits per heavy atom. The number of furan rings is 1. The number of fused-ring (bicyclic) bond motifs is 1. The fraction of sp³-hybridized carbons (Fsp3) is 0.300. The molecule has 0 radical (unpaired) electrons. The Labute approximate surface area is 165 Å². The van der Waals surface area contributed by atoms with Crippen LogP contribution in [0.15, 0.2) is 47.1 Å². The molecule has 1 fully saturated rings. The molecule has 0 aliphatic carbocycles. The van der Waals surface area contributed by atoms with Crippen molar-refractivity contribution in [3.8, 4) is 23.2 Å². The predicted octanol–water partition coefficient (Wildman–Crippen LogP) is 2.53. The molecule has 8 heteroatoms. The van der Waals surface area contributed by atoms with Crippen molar-refractivity contribution in [1.29, 1.82) is 0 Å². The van der Waals surface area contributed by atoms with Crippen molar-refractivity contribution in [3.05, 3.63) is 53.1 Å². The van der Waals surface area contributed by atoms with Gasteiger partial charge < -0.3 is 19.2 Å². The number of hydrogen-bond acceptors (Lipinski definition) is 6. The molecule has 1 aromatic carbocycles. The topological polar surface area (TPSA) is 77.2 Å². The first kappa shape index (κ1) is 17.3. The number of methoxy groups -OCH3 is 1. The van der Waals surface area contributed by atoms with Crippen LogP contribution in [0.3, 0.4) is 0 Å². The van der Waals surface area contributed by atoms with Crippen LogP contribution in [0.4, 0.5) is 0 Å². The van der Waals surface area contributed by atoms with Gasteiger partial charge in [0.15, 0.2) is 11.8 Å². The van der Waals surface area contributed by atoms with E-state index in [0.29, 0.717) is 16.5 Å². The maximum atomic E-state index is 11.0. The third-order valence-electron chi connectivity index (χ3n) is 5.28. The number of hydrogen-bond donors (Lipinski definition) is 2. The summed E-state index contributed by atoms with van der Waals surface area (Å²) < 4.78 is 12.3. The molecule has 1 aliphatic heterocycles. The fourth-order valence-corrected chi connectivity index (χ4v) is 5.10. The van der Waals surface area contributed by atoms with Crippen molar-refractivity contribution in [2.45, 2.75) is 18.9 Å². The minimum absolute atomic E-state index is 0.0261. The average Bonchev–Trinajstić information content (AvgIpc) is 3.50. The molecule has 4 aromatic rings. The van der Waals surface area contributed by atoms with E-state index in [4.69, 9.17) is 9.15 Å². The van der Waals surface area contributed by atoms with Gasteiger partial charge in [-0.15, -0.1) is 5.10 Å². The van der Waals surface area contributed by atoms with Crippen molar-refractivity contribution >= 4 is 16.3 Å². The maximum Gasteiger partial charge on any atom is 0.235 e. The summed E-state index contributed by atoms with van der Waals surface area (Å²) in [4.78, 5) is 7.54. The summed E-state index contributed by atoms with van der Waals surface area (Å²) in [5.74, 6) is 2.04. The van der Waals surface area contributed by atoms with E-state index in [1.165, 1.54) is 33.6 Å². The average molecular weight is 397 g/mol. The van der Waals surface area contributed by atoms with Crippen LogP contribution in [0.2, 0.25) is 0 Å². The molecular formula is C20H21N4O3S+. The molecule has 1 saturated heterocycles. The molecule has 0 saturated carbocycles. The molecule has 1 atom stereocenters. The zero-order chi connectivity index (χ0) is 19.1. The first-order valence-electron chi connectivity index (χ1n) is 9.35. The zero-order valence-corrected chi connectivity index (χ0v) is 16.3. The maximum absolute atomic E-state index is 11.0. The lowest BCUT2D eigenvalue weighted by Crippen LogP contribution is -3.10. The fourth-order valence-electron chi connectivity index (χ4n) is 3.96. The first-order chi connectivity index (χ1) is 13.7. The number of aromatic nitrogens is 3. The van der Waals surface area contributed by atoms with Crippen molar-refractivity contribution in [1.82, 2.24) is 14.6 Å². The molecule has 7 nitrogen and oxygen atoms in total. The van der Waals surface area contributed by atoms with Crippen LogP contribution in [-0.4, -0.2) is 39.9 Å². The number of benzene rings is 1. The Balaban J connectivity index is 1.61. The number of nitrogens with one attached hydrogen (secondary N) is 1. The molecule has 3 aromatic heterocycles. The number of thiazole rings is 1. The smallest absolute Gasteiger partial charge is 0.235 e. The monoisotopic (exact) mass is 397 g/mol. The molecule has 0 bridgehead atoms. The van der Waals surface area contributed by atoms with Crippen molar-refractivity contribution in [2.24, 2.45) is 0 Å². The van der Waals surface area contributed by atoms with Gasteiger partial charge in [-0.2, -0.15) is 9.50 Å². The van der Waals surface area contributed by atoms with Crippen LogP contribution >= 0.6 is 11.3 Å². The summed E-state index contributed by atoms with van der Waals surface area (Å²) >= 11 is 1.48. The number of likely N-dealkylation sites (tertiary alicyclic amines) is 1. The highest BCUT2D eigenvalue weighted by Crippen LogP contribution is 2.37. The number of rotatable bonds is 5. The van der Waals surface area contributed by atoms with Crippen LogP contribution in [0.1, 0.15) is 29.3 Å². The first-order valence-corrected chi connectivity index (χ1v) is 10.2. The zero-order valence-electron chi connectivity index (χ0n) is 15.5. The Bertz CT molecular complexity index is 1100. The largest absolute Gasteiger partial charge is 0.497 e. The van der Waals surface area contributed by atoms with E-state index in [-0.39, 0.29) is 11.9 Å². The lowest BCUT2D eigenvalue weighted by Gasteiger charge is -2.24. The SMILES string of the molecule is COc1cccc([C@@H](c2sc3nc(-c4ccco4)nn3c2O)[NH+]2CCCC2)c1. The highest BCUT2D eigenvalue weighted by Gasteiger charge is 2.34. The van der Waals surface area contributed by atoms with Gasteiger partial charge in [-0.25, -0.2) is 0 Å². The van der Waals surface area contributed by atoms with Crippen LogP contribution in [0, 0.1) is 0 Å². The molecule has 0 amide bonds. The summed E-state index contributed by atoms with van der Waals surface area (Å²) in [6.45, 7) is 2.15. The quantitative estimate of drug-likeness (QED) is 0.541. The predicted molar refractivity (Wildman–Crippen MR) is 105 cm³/mol. The molecular weight excluding hydrogens is 376 g/mol. The van der Waals surface area contributed by atoms with Gasteiger partial charge in [0.1, 0.15) is 10.6 Å². The van der Waals surface area contributed by atoms with Gasteiger partial charge in [-0.05, 0) is 24.3 Å². The van der Waals surface area contributed by atoms with E-state index in [2.05, 4.69) is 22.2 Å². The van der Waals surface area contributed by atoms with Crippen LogP contribution in [-0.2, 0) is 0 Å². The molecule has 28 heavy (non-hydrogen) atoms. The molecule has 144 valence electrons. The van der Waals surface area contributed by atoms with Gasteiger partial charge in [-0.1, -0.05) is 23.5 Å². The van der Waals surface area contributed by atoms with Gasteiger partial charge >= 0.3 is 0 Å². The van der Waals surface area contributed by atoms with Gasteiger partial charge in [0.2, 0.25) is 16.7 Å². The molecule has 5 rings (SSSR count). The Hall–Kier alpha value is -2.84. The van der Waals surface area contributed by atoms with Gasteiger partial charge in [0, 0.05) is 18.4 Å². The van der Waals surface area contributed by atoms with E-state index in [1.54, 1.807) is 19.4 Å². The summed E-state index contributed by atoms with van der Waals surface area (Å²) in [5.41, 5.74) is 1.13. The Kier molecular flexibility index (Phi) is 4.29. The van der Waals surface area contributed by atoms with Crippen molar-refractivity contribution in [3.63, 3.8) is 0 Å².